The zero-order valence-corrected chi connectivity index (χ0v) is 13.8. The summed E-state index contributed by atoms with van der Waals surface area (Å²) in [6.45, 7) is 2.28. The average molecular weight is 293 g/mol. The molecule has 1 nitrogen and oxygen atoms in total. The largest absolute Gasteiger partial charge is 0.261 e. The van der Waals surface area contributed by atoms with Crippen molar-refractivity contribution in [3.05, 3.63) is 53.3 Å². The van der Waals surface area contributed by atoms with Gasteiger partial charge in [0.05, 0.1) is 0 Å². The minimum absolute atomic E-state index is 1.16. The van der Waals surface area contributed by atoms with Gasteiger partial charge in [0.25, 0.3) is 0 Å². The first kappa shape index (κ1) is 15.3. The molecule has 22 heavy (non-hydrogen) atoms. The molecule has 0 aliphatic heterocycles. The third-order valence-corrected chi connectivity index (χ3v) is 4.80. The van der Waals surface area contributed by atoms with Gasteiger partial charge in [0.2, 0.25) is 0 Å². The Labute approximate surface area is 134 Å². The number of pyridine rings is 1. The minimum atomic E-state index is 1.16. The second-order valence-electron chi connectivity index (χ2n) is 6.47. The highest BCUT2D eigenvalue weighted by molar-refractivity contribution is 5.72. The van der Waals surface area contributed by atoms with Crippen LogP contribution in [0.25, 0.3) is 11.1 Å². The van der Waals surface area contributed by atoms with Crippen molar-refractivity contribution in [2.45, 2.75) is 64.7 Å². The van der Waals surface area contributed by atoms with Crippen molar-refractivity contribution in [3.63, 3.8) is 0 Å². The lowest BCUT2D eigenvalue weighted by Crippen LogP contribution is -1.99. The Bertz CT molecular complexity index is 601. The lowest BCUT2D eigenvalue weighted by Gasteiger charge is -2.14. The van der Waals surface area contributed by atoms with E-state index in [1.807, 2.05) is 0 Å². The summed E-state index contributed by atoms with van der Waals surface area (Å²) >= 11 is 0. The first-order chi connectivity index (χ1) is 10.9. The molecule has 1 aliphatic rings. The summed E-state index contributed by atoms with van der Waals surface area (Å²) in [4.78, 5) is 4.76. The number of aryl methyl sites for hydroxylation is 2. The number of unbranched alkanes of at least 4 members (excludes halogenated alkanes) is 4. The second-order valence-corrected chi connectivity index (χ2v) is 6.47. The third kappa shape index (κ3) is 3.40. The number of benzene rings is 1. The first-order valence-corrected chi connectivity index (χ1v) is 8.95. The SMILES string of the molecule is CCCCCCCc1cnc2c(c1-c1ccccc1)CCC2. The van der Waals surface area contributed by atoms with E-state index in [-0.39, 0.29) is 0 Å². The fourth-order valence-electron chi connectivity index (χ4n) is 3.63. The summed E-state index contributed by atoms with van der Waals surface area (Å²) < 4.78 is 0. The van der Waals surface area contributed by atoms with Crippen molar-refractivity contribution in [1.29, 1.82) is 0 Å². The Morgan fingerprint density at radius 1 is 0.955 bits per heavy atom. The van der Waals surface area contributed by atoms with Crippen LogP contribution in [0.2, 0.25) is 0 Å². The molecule has 1 heterocycles. The molecule has 0 saturated heterocycles. The molecule has 116 valence electrons. The smallest absolute Gasteiger partial charge is 0.0442 e. The van der Waals surface area contributed by atoms with E-state index >= 15 is 0 Å². The molecular weight excluding hydrogens is 266 g/mol. The van der Waals surface area contributed by atoms with Crippen LogP contribution in [0.5, 0.6) is 0 Å². The normalized spacial score (nSPS) is 13.3. The van der Waals surface area contributed by atoms with Gasteiger partial charge in [0.1, 0.15) is 0 Å². The van der Waals surface area contributed by atoms with Crippen LogP contribution in [-0.2, 0) is 19.3 Å². The maximum absolute atomic E-state index is 4.76. The highest BCUT2D eigenvalue weighted by Crippen LogP contribution is 2.34. The Kier molecular flexibility index (Phi) is 5.26. The van der Waals surface area contributed by atoms with Crippen LogP contribution < -0.4 is 0 Å². The third-order valence-electron chi connectivity index (χ3n) is 4.80. The molecule has 0 spiro atoms. The average Bonchev–Trinajstić information content (AvgIpc) is 3.03. The van der Waals surface area contributed by atoms with E-state index in [4.69, 9.17) is 4.98 Å². The first-order valence-electron chi connectivity index (χ1n) is 8.95. The van der Waals surface area contributed by atoms with Crippen LogP contribution in [-0.4, -0.2) is 4.98 Å². The molecular formula is C21H27N. The summed E-state index contributed by atoms with van der Waals surface area (Å²) in [5, 5.41) is 0. The molecule has 1 aromatic carbocycles. The van der Waals surface area contributed by atoms with Crippen molar-refractivity contribution < 1.29 is 0 Å². The Morgan fingerprint density at radius 3 is 2.59 bits per heavy atom. The second kappa shape index (κ2) is 7.58. The fraction of sp³-hybridized carbons (Fsp3) is 0.476. The molecule has 2 aromatic rings. The number of hydrogen-bond donors (Lipinski definition) is 0. The van der Waals surface area contributed by atoms with Crippen LogP contribution in [0.15, 0.2) is 36.5 Å². The summed E-state index contributed by atoms with van der Waals surface area (Å²) in [5.74, 6) is 0. The molecule has 0 saturated carbocycles. The van der Waals surface area contributed by atoms with E-state index < -0.39 is 0 Å². The molecule has 0 radical (unpaired) electrons. The monoisotopic (exact) mass is 293 g/mol. The zero-order valence-electron chi connectivity index (χ0n) is 13.8. The predicted molar refractivity (Wildman–Crippen MR) is 94.2 cm³/mol. The van der Waals surface area contributed by atoms with Gasteiger partial charge in [-0.1, -0.05) is 62.9 Å². The van der Waals surface area contributed by atoms with Crippen LogP contribution in [0.3, 0.4) is 0 Å². The molecule has 0 unspecified atom stereocenters. The van der Waals surface area contributed by atoms with Crippen LogP contribution in [0.4, 0.5) is 0 Å². The predicted octanol–water partition coefficient (Wildman–Crippen LogP) is 5.75. The standard InChI is InChI=1S/C21H27N/c1-2-3-4-5-7-13-18-16-22-20-15-10-14-19(20)21(18)17-11-8-6-9-12-17/h6,8-9,11-12,16H,2-5,7,10,13-15H2,1H3. The van der Waals surface area contributed by atoms with Gasteiger partial charge >= 0.3 is 0 Å². The fourth-order valence-corrected chi connectivity index (χ4v) is 3.63. The highest BCUT2D eigenvalue weighted by atomic mass is 14.7. The van der Waals surface area contributed by atoms with E-state index in [1.54, 1.807) is 0 Å². The maximum Gasteiger partial charge on any atom is 0.0442 e. The van der Waals surface area contributed by atoms with Crippen molar-refractivity contribution in [2.75, 3.05) is 0 Å². The lowest BCUT2D eigenvalue weighted by atomic mass is 9.92. The van der Waals surface area contributed by atoms with E-state index in [0.717, 1.165) is 6.42 Å². The quantitative estimate of drug-likeness (QED) is 0.592. The molecule has 0 bridgehead atoms. The molecule has 1 heteroatoms. The van der Waals surface area contributed by atoms with Crippen LogP contribution in [0, 0.1) is 0 Å². The summed E-state index contributed by atoms with van der Waals surface area (Å²) in [5.41, 5.74) is 7.21. The van der Waals surface area contributed by atoms with E-state index in [1.165, 1.54) is 79.3 Å². The maximum atomic E-state index is 4.76. The van der Waals surface area contributed by atoms with Gasteiger partial charge in [-0.05, 0) is 54.4 Å². The van der Waals surface area contributed by atoms with Gasteiger partial charge in [-0.15, -0.1) is 0 Å². The molecule has 0 amide bonds. The Balaban J connectivity index is 1.83. The summed E-state index contributed by atoms with van der Waals surface area (Å²) in [6.07, 6.45) is 13.7. The minimum Gasteiger partial charge on any atom is -0.261 e. The van der Waals surface area contributed by atoms with Gasteiger partial charge in [-0.2, -0.15) is 0 Å². The van der Waals surface area contributed by atoms with Crippen molar-refractivity contribution in [3.8, 4) is 11.1 Å². The van der Waals surface area contributed by atoms with Gasteiger partial charge in [-0.3, -0.25) is 4.98 Å². The number of fused-ring (bicyclic) bond motifs is 1. The number of rotatable bonds is 7. The molecule has 0 fully saturated rings. The van der Waals surface area contributed by atoms with E-state index in [9.17, 15) is 0 Å². The number of hydrogen-bond acceptors (Lipinski definition) is 1. The van der Waals surface area contributed by atoms with Crippen molar-refractivity contribution in [1.82, 2.24) is 4.98 Å². The van der Waals surface area contributed by atoms with Gasteiger partial charge in [0, 0.05) is 11.9 Å². The molecule has 0 atom stereocenters. The molecule has 3 rings (SSSR count). The van der Waals surface area contributed by atoms with Gasteiger partial charge in [0.15, 0.2) is 0 Å². The van der Waals surface area contributed by atoms with E-state index in [0.29, 0.717) is 0 Å². The Morgan fingerprint density at radius 2 is 1.77 bits per heavy atom. The van der Waals surface area contributed by atoms with E-state index in [2.05, 4.69) is 43.5 Å². The molecule has 0 N–H and O–H groups in total. The molecule has 1 aliphatic carbocycles. The van der Waals surface area contributed by atoms with Crippen molar-refractivity contribution in [2.24, 2.45) is 0 Å². The number of nitrogens with zero attached hydrogens (tertiary/aromatic N) is 1. The highest BCUT2D eigenvalue weighted by Gasteiger charge is 2.19. The van der Waals surface area contributed by atoms with Crippen molar-refractivity contribution >= 4 is 0 Å². The summed E-state index contributed by atoms with van der Waals surface area (Å²) in [7, 11) is 0. The van der Waals surface area contributed by atoms with Crippen LogP contribution in [0.1, 0.15) is 62.3 Å². The lowest BCUT2D eigenvalue weighted by molar-refractivity contribution is 0.632. The number of aromatic nitrogens is 1. The van der Waals surface area contributed by atoms with Gasteiger partial charge in [-0.25, -0.2) is 0 Å². The Hall–Kier alpha value is -1.63. The summed E-state index contributed by atoms with van der Waals surface area (Å²) in [6, 6.07) is 10.9. The zero-order chi connectivity index (χ0) is 15.2. The van der Waals surface area contributed by atoms with Gasteiger partial charge < -0.3 is 0 Å². The van der Waals surface area contributed by atoms with Crippen LogP contribution >= 0.6 is 0 Å². The topological polar surface area (TPSA) is 12.9 Å². The molecule has 1 aromatic heterocycles.